The SMILES string of the molecule is C=C1CCC(C(=C)\C=C(/N=C(C)/C=C(N)/C(/C=C\C)=C/C2C#C2)N2CCOCC2)C1. The first-order valence-electron chi connectivity index (χ1n) is 10.7. The average Bonchev–Trinajstić information content (AvgIpc) is 3.44. The highest BCUT2D eigenvalue weighted by molar-refractivity contribution is 5.94. The molecule has 3 aliphatic rings. The summed E-state index contributed by atoms with van der Waals surface area (Å²) in [6.45, 7) is 15.5. The third kappa shape index (κ3) is 6.37. The van der Waals surface area contributed by atoms with E-state index in [1.165, 1.54) is 5.57 Å². The number of allylic oxidation sites excluding steroid dienone is 7. The minimum atomic E-state index is 0.175. The van der Waals surface area contributed by atoms with E-state index in [0.717, 1.165) is 55.0 Å². The Hall–Kier alpha value is -2.77. The van der Waals surface area contributed by atoms with E-state index >= 15 is 0 Å². The molecule has 30 heavy (non-hydrogen) atoms. The Morgan fingerprint density at radius 3 is 2.60 bits per heavy atom. The number of aliphatic imine (C=N–C) groups is 1. The van der Waals surface area contributed by atoms with Crippen LogP contribution in [-0.2, 0) is 4.74 Å². The molecule has 4 heteroatoms. The fraction of sp³-hybridized carbons (Fsp3) is 0.423. The van der Waals surface area contributed by atoms with Gasteiger partial charge in [-0.05, 0) is 68.4 Å². The van der Waals surface area contributed by atoms with Crippen LogP contribution in [0, 0.1) is 23.7 Å². The molecular weight excluding hydrogens is 370 g/mol. The van der Waals surface area contributed by atoms with Crippen molar-refractivity contribution in [1.82, 2.24) is 4.90 Å². The molecule has 0 aromatic carbocycles. The topological polar surface area (TPSA) is 50.8 Å². The molecule has 3 rings (SSSR count). The highest BCUT2D eigenvalue weighted by Crippen LogP contribution is 2.34. The summed E-state index contributed by atoms with van der Waals surface area (Å²) < 4.78 is 5.53. The molecule has 4 nitrogen and oxygen atoms in total. The maximum Gasteiger partial charge on any atom is 0.129 e. The summed E-state index contributed by atoms with van der Waals surface area (Å²) in [5, 5.41) is 0. The van der Waals surface area contributed by atoms with Crippen LogP contribution in [0.5, 0.6) is 0 Å². The smallest absolute Gasteiger partial charge is 0.129 e. The summed E-state index contributed by atoms with van der Waals surface area (Å²) in [5.74, 6) is 7.66. The largest absolute Gasteiger partial charge is 0.398 e. The summed E-state index contributed by atoms with van der Waals surface area (Å²) in [6, 6.07) is 0. The zero-order valence-corrected chi connectivity index (χ0v) is 18.3. The van der Waals surface area contributed by atoms with E-state index in [0.29, 0.717) is 24.8 Å². The predicted octanol–water partition coefficient (Wildman–Crippen LogP) is 4.51. The van der Waals surface area contributed by atoms with Gasteiger partial charge in [-0.25, -0.2) is 4.99 Å². The highest BCUT2D eigenvalue weighted by Gasteiger charge is 2.21. The second-order valence-corrected chi connectivity index (χ2v) is 8.11. The van der Waals surface area contributed by atoms with Crippen molar-refractivity contribution in [3.63, 3.8) is 0 Å². The maximum absolute atomic E-state index is 6.38. The van der Waals surface area contributed by atoms with E-state index in [1.807, 2.05) is 32.1 Å². The molecule has 2 fully saturated rings. The molecule has 1 atom stereocenters. The van der Waals surface area contributed by atoms with E-state index in [1.54, 1.807) is 0 Å². The van der Waals surface area contributed by atoms with Crippen LogP contribution in [0.15, 0.2) is 76.8 Å². The number of nitrogens with two attached hydrogens (primary N) is 1. The van der Waals surface area contributed by atoms with Crippen molar-refractivity contribution in [2.24, 2.45) is 22.6 Å². The van der Waals surface area contributed by atoms with Crippen molar-refractivity contribution in [1.29, 1.82) is 0 Å². The Balaban J connectivity index is 1.82. The summed E-state index contributed by atoms with van der Waals surface area (Å²) >= 11 is 0. The molecule has 0 radical (unpaired) electrons. The standard InChI is InChI=1S/C26H33N3O/c1-5-6-24(18-22-8-9-22)25(27)17-21(4)28-26(29-11-13-30-14-12-29)16-20(3)23-10-7-19(2)15-23/h5-6,16-18,22-23H,2-3,7,10-15,27H2,1,4H3/b6-5-,24-18+,25-17-,26-16+,28-21+. The highest BCUT2D eigenvalue weighted by atomic mass is 16.5. The monoisotopic (exact) mass is 403 g/mol. The van der Waals surface area contributed by atoms with Gasteiger partial charge in [0.2, 0.25) is 0 Å². The van der Waals surface area contributed by atoms with Crippen molar-refractivity contribution in [2.45, 2.75) is 33.1 Å². The third-order valence-corrected chi connectivity index (χ3v) is 5.55. The van der Waals surface area contributed by atoms with Gasteiger partial charge in [-0.15, -0.1) is 0 Å². The minimum Gasteiger partial charge on any atom is -0.398 e. The van der Waals surface area contributed by atoms with Crippen LogP contribution >= 0.6 is 0 Å². The second-order valence-electron chi connectivity index (χ2n) is 8.11. The van der Waals surface area contributed by atoms with Gasteiger partial charge in [0, 0.05) is 24.5 Å². The average molecular weight is 404 g/mol. The molecule has 1 saturated carbocycles. The molecule has 0 aromatic rings. The predicted molar refractivity (Wildman–Crippen MR) is 126 cm³/mol. The maximum atomic E-state index is 6.38. The van der Waals surface area contributed by atoms with Crippen molar-refractivity contribution in [3.05, 3.63) is 71.8 Å². The second kappa shape index (κ2) is 10.3. The Bertz CT molecular complexity index is 890. The fourth-order valence-electron chi connectivity index (χ4n) is 3.78. The van der Waals surface area contributed by atoms with Crippen LogP contribution < -0.4 is 5.73 Å². The molecule has 0 spiro atoms. The lowest BCUT2D eigenvalue weighted by molar-refractivity contribution is 0.0531. The van der Waals surface area contributed by atoms with Crippen LogP contribution in [0.1, 0.15) is 33.1 Å². The zero-order valence-electron chi connectivity index (χ0n) is 18.3. The van der Waals surface area contributed by atoms with E-state index in [2.05, 4.69) is 42.1 Å². The molecule has 0 bridgehead atoms. The Morgan fingerprint density at radius 1 is 1.27 bits per heavy atom. The molecular formula is C26H33N3O. The normalized spacial score (nSPS) is 23.7. The quantitative estimate of drug-likeness (QED) is 0.281. The van der Waals surface area contributed by atoms with Crippen LogP contribution in [0.2, 0.25) is 0 Å². The van der Waals surface area contributed by atoms with Gasteiger partial charge in [0.05, 0.1) is 13.2 Å². The number of morpholine rings is 1. The van der Waals surface area contributed by atoms with Crippen LogP contribution in [-0.4, -0.2) is 36.9 Å². The lowest BCUT2D eigenvalue weighted by atomic mass is 9.98. The minimum absolute atomic E-state index is 0.175. The Kier molecular flexibility index (Phi) is 7.54. The molecule has 1 aliphatic heterocycles. The van der Waals surface area contributed by atoms with E-state index < -0.39 is 0 Å². The van der Waals surface area contributed by atoms with E-state index in [4.69, 9.17) is 15.5 Å². The summed E-state index contributed by atoms with van der Waals surface area (Å²) in [6.07, 6.45) is 13.4. The lowest BCUT2D eigenvalue weighted by Gasteiger charge is -2.29. The molecule has 2 aliphatic carbocycles. The molecule has 1 unspecified atom stereocenters. The van der Waals surface area contributed by atoms with Gasteiger partial charge in [0.1, 0.15) is 11.7 Å². The molecule has 2 N–H and O–H groups in total. The Labute approximate surface area is 181 Å². The molecule has 158 valence electrons. The number of nitrogens with zero attached hydrogens (tertiary/aromatic N) is 2. The summed E-state index contributed by atoms with van der Waals surface area (Å²) in [7, 11) is 0. The fourth-order valence-corrected chi connectivity index (χ4v) is 3.78. The van der Waals surface area contributed by atoms with Gasteiger partial charge < -0.3 is 15.4 Å². The van der Waals surface area contributed by atoms with Gasteiger partial charge in [-0.3, -0.25) is 0 Å². The van der Waals surface area contributed by atoms with Gasteiger partial charge in [0.25, 0.3) is 0 Å². The number of rotatable bonds is 8. The summed E-state index contributed by atoms with van der Waals surface area (Å²) in [4.78, 5) is 7.20. The first-order valence-corrected chi connectivity index (χ1v) is 10.7. The van der Waals surface area contributed by atoms with Crippen LogP contribution in [0.25, 0.3) is 0 Å². The van der Waals surface area contributed by atoms with Crippen molar-refractivity contribution in [3.8, 4) is 11.8 Å². The van der Waals surface area contributed by atoms with Crippen molar-refractivity contribution in [2.75, 3.05) is 26.3 Å². The van der Waals surface area contributed by atoms with E-state index in [-0.39, 0.29) is 5.92 Å². The van der Waals surface area contributed by atoms with Gasteiger partial charge in [-0.2, -0.15) is 0 Å². The van der Waals surface area contributed by atoms with Crippen LogP contribution in [0.3, 0.4) is 0 Å². The van der Waals surface area contributed by atoms with E-state index in [9.17, 15) is 0 Å². The zero-order chi connectivity index (χ0) is 21.5. The molecule has 0 amide bonds. The number of ether oxygens (including phenoxy) is 1. The van der Waals surface area contributed by atoms with Gasteiger partial charge in [-0.1, -0.05) is 42.7 Å². The third-order valence-electron chi connectivity index (χ3n) is 5.55. The van der Waals surface area contributed by atoms with Gasteiger partial charge >= 0.3 is 0 Å². The first kappa shape index (κ1) is 21.9. The number of hydrogen-bond donors (Lipinski definition) is 1. The van der Waals surface area contributed by atoms with Crippen molar-refractivity contribution >= 4 is 5.71 Å². The first-order chi connectivity index (χ1) is 14.5. The summed E-state index contributed by atoms with van der Waals surface area (Å²) in [5.41, 5.74) is 11.4. The van der Waals surface area contributed by atoms with Crippen molar-refractivity contribution < 1.29 is 4.74 Å². The molecule has 1 heterocycles. The van der Waals surface area contributed by atoms with Gasteiger partial charge in [0.15, 0.2) is 0 Å². The Morgan fingerprint density at radius 2 is 2.00 bits per heavy atom. The molecule has 1 saturated heterocycles. The lowest BCUT2D eigenvalue weighted by Crippen LogP contribution is -2.35. The number of hydrogen-bond acceptors (Lipinski definition) is 4. The van der Waals surface area contributed by atoms with Crippen LogP contribution in [0.4, 0.5) is 0 Å². The molecule has 0 aromatic heterocycles.